The van der Waals surface area contributed by atoms with E-state index in [0.717, 1.165) is 5.56 Å². The first kappa shape index (κ1) is 12.4. The summed E-state index contributed by atoms with van der Waals surface area (Å²) < 4.78 is 10.7. The fourth-order valence-corrected chi connectivity index (χ4v) is 2.02. The maximum atomic E-state index is 11.9. The highest BCUT2D eigenvalue weighted by atomic mass is 16.5. The molecule has 4 nitrogen and oxygen atoms in total. The zero-order chi connectivity index (χ0) is 13.9. The minimum Gasteiger partial charge on any atom is -0.441 e. The number of benzene rings is 2. The topological polar surface area (TPSA) is 52.3 Å². The predicted molar refractivity (Wildman–Crippen MR) is 74.5 cm³/mol. The molecule has 0 unspecified atom stereocenters. The number of fused-ring (bicyclic) bond motifs is 1. The quantitative estimate of drug-likeness (QED) is 0.539. The van der Waals surface area contributed by atoms with Gasteiger partial charge >= 0.3 is 5.97 Å². The average Bonchev–Trinajstić information content (AvgIpc) is 2.79. The molecule has 0 saturated carbocycles. The molecule has 3 rings (SSSR count). The smallest absolute Gasteiger partial charge is 0.315 e. The van der Waals surface area contributed by atoms with Gasteiger partial charge in [0, 0.05) is 13.0 Å². The first-order valence-electron chi connectivity index (χ1n) is 6.32. The second-order valence-electron chi connectivity index (χ2n) is 4.50. The summed E-state index contributed by atoms with van der Waals surface area (Å²) in [6.45, 7) is 1.78. The Morgan fingerprint density at radius 1 is 1.20 bits per heavy atom. The Morgan fingerprint density at radius 3 is 2.80 bits per heavy atom. The van der Waals surface area contributed by atoms with Crippen LogP contribution in [0.25, 0.3) is 11.1 Å². The molecule has 100 valence electrons. The van der Waals surface area contributed by atoms with Crippen molar-refractivity contribution >= 4 is 17.1 Å². The summed E-state index contributed by atoms with van der Waals surface area (Å²) >= 11 is 0. The molecule has 0 aliphatic carbocycles. The summed E-state index contributed by atoms with van der Waals surface area (Å²) in [5, 5.41) is 0. The van der Waals surface area contributed by atoms with Crippen LogP contribution in [0.4, 0.5) is 0 Å². The zero-order valence-electron chi connectivity index (χ0n) is 11.0. The third-order valence-electron chi connectivity index (χ3n) is 2.89. The van der Waals surface area contributed by atoms with E-state index < -0.39 is 0 Å². The van der Waals surface area contributed by atoms with Gasteiger partial charge in [-0.25, -0.2) is 4.98 Å². The van der Waals surface area contributed by atoms with Crippen LogP contribution >= 0.6 is 0 Å². The molecule has 0 radical (unpaired) electrons. The second kappa shape index (κ2) is 5.17. The molecular formula is C16H13NO3. The zero-order valence-corrected chi connectivity index (χ0v) is 11.0. The van der Waals surface area contributed by atoms with E-state index in [1.54, 1.807) is 25.1 Å². The Labute approximate surface area is 116 Å². The molecule has 0 bridgehead atoms. The predicted octanol–water partition coefficient (Wildman–Crippen LogP) is 3.28. The molecule has 0 saturated heterocycles. The number of esters is 1. The van der Waals surface area contributed by atoms with Crippen molar-refractivity contribution in [1.29, 1.82) is 0 Å². The number of nitrogens with zero attached hydrogens (tertiary/aromatic N) is 1. The van der Waals surface area contributed by atoms with Crippen LogP contribution in [-0.4, -0.2) is 11.0 Å². The van der Waals surface area contributed by atoms with Gasteiger partial charge in [0.25, 0.3) is 0 Å². The molecule has 0 atom stereocenters. The normalized spacial score (nSPS) is 10.7. The second-order valence-corrected chi connectivity index (χ2v) is 4.50. The molecule has 0 aliphatic rings. The van der Waals surface area contributed by atoms with E-state index in [4.69, 9.17) is 9.15 Å². The van der Waals surface area contributed by atoms with Gasteiger partial charge in [-0.15, -0.1) is 0 Å². The van der Waals surface area contributed by atoms with Crippen molar-refractivity contribution in [3.63, 3.8) is 0 Å². The molecular weight excluding hydrogens is 254 g/mol. The average molecular weight is 267 g/mol. The number of ether oxygens (including phenoxy) is 1. The SMILES string of the molecule is Cc1nc2cc(OC(=O)Cc3ccccc3)ccc2o1. The number of aryl methyl sites for hydroxylation is 1. The summed E-state index contributed by atoms with van der Waals surface area (Å²) in [5.74, 6) is 0.773. The Bertz CT molecular complexity index is 747. The van der Waals surface area contributed by atoms with Gasteiger partial charge in [0.15, 0.2) is 11.5 Å². The lowest BCUT2D eigenvalue weighted by atomic mass is 10.2. The fraction of sp³-hybridized carbons (Fsp3) is 0.125. The molecule has 1 heterocycles. The highest BCUT2D eigenvalue weighted by Crippen LogP contribution is 2.21. The van der Waals surface area contributed by atoms with Crippen molar-refractivity contribution in [3.05, 3.63) is 60.0 Å². The number of carbonyl (C=O) groups excluding carboxylic acids is 1. The van der Waals surface area contributed by atoms with Crippen LogP contribution in [0.5, 0.6) is 5.75 Å². The molecule has 0 fully saturated rings. The first-order valence-corrected chi connectivity index (χ1v) is 6.32. The third kappa shape index (κ3) is 2.69. The van der Waals surface area contributed by atoms with Gasteiger partial charge in [-0.3, -0.25) is 4.79 Å². The highest BCUT2D eigenvalue weighted by molar-refractivity contribution is 5.78. The largest absolute Gasteiger partial charge is 0.441 e. The van der Waals surface area contributed by atoms with Crippen molar-refractivity contribution in [2.45, 2.75) is 13.3 Å². The molecule has 4 heteroatoms. The van der Waals surface area contributed by atoms with Crippen LogP contribution in [-0.2, 0) is 11.2 Å². The van der Waals surface area contributed by atoms with Crippen LogP contribution in [0, 0.1) is 6.92 Å². The van der Waals surface area contributed by atoms with E-state index in [0.29, 0.717) is 22.7 Å². The number of carbonyl (C=O) groups is 1. The number of oxazole rings is 1. The Hall–Kier alpha value is -2.62. The maximum absolute atomic E-state index is 11.9. The van der Waals surface area contributed by atoms with Crippen molar-refractivity contribution in [2.24, 2.45) is 0 Å². The van der Waals surface area contributed by atoms with Crippen molar-refractivity contribution < 1.29 is 13.9 Å². The molecule has 2 aromatic carbocycles. The van der Waals surface area contributed by atoms with Gasteiger partial charge in [-0.2, -0.15) is 0 Å². The standard InChI is InChI=1S/C16H13NO3/c1-11-17-14-10-13(7-8-15(14)19-11)20-16(18)9-12-5-3-2-4-6-12/h2-8,10H,9H2,1H3. The molecule has 0 aliphatic heterocycles. The fourth-order valence-electron chi connectivity index (χ4n) is 2.02. The number of hydrogen-bond donors (Lipinski definition) is 0. The van der Waals surface area contributed by atoms with Crippen LogP contribution in [0.2, 0.25) is 0 Å². The number of rotatable bonds is 3. The van der Waals surface area contributed by atoms with E-state index in [-0.39, 0.29) is 12.4 Å². The minimum atomic E-state index is -0.296. The number of hydrogen-bond acceptors (Lipinski definition) is 4. The third-order valence-corrected chi connectivity index (χ3v) is 2.89. The molecule has 1 aromatic heterocycles. The Morgan fingerprint density at radius 2 is 2.00 bits per heavy atom. The minimum absolute atomic E-state index is 0.247. The Balaban J connectivity index is 1.74. The molecule has 0 amide bonds. The van der Waals surface area contributed by atoms with Crippen LogP contribution in [0.15, 0.2) is 52.9 Å². The molecule has 0 spiro atoms. The monoisotopic (exact) mass is 267 g/mol. The van der Waals surface area contributed by atoms with E-state index in [1.807, 2.05) is 30.3 Å². The van der Waals surface area contributed by atoms with E-state index in [2.05, 4.69) is 4.98 Å². The lowest BCUT2D eigenvalue weighted by Gasteiger charge is -2.04. The Kier molecular flexibility index (Phi) is 3.21. The van der Waals surface area contributed by atoms with Gasteiger partial charge < -0.3 is 9.15 Å². The summed E-state index contributed by atoms with van der Waals surface area (Å²) in [6, 6.07) is 14.7. The van der Waals surface area contributed by atoms with Crippen LogP contribution < -0.4 is 4.74 Å². The van der Waals surface area contributed by atoms with Gasteiger partial charge in [0.05, 0.1) is 6.42 Å². The maximum Gasteiger partial charge on any atom is 0.315 e. The number of aromatic nitrogens is 1. The molecule has 3 aromatic rings. The summed E-state index contributed by atoms with van der Waals surface area (Å²) in [5.41, 5.74) is 2.30. The highest BCUT2D eigenvalue weighted by Gasteiger charge is 2.08. The van der Waals surface area contributed by atoms with Crippen molar-refractivity contribution in [2.75, 3.05) is 0 Å². The van der Waals surface area contributed by atoms with E-state index >= 15 is 0 Å². The lowest BCUT2D eigenvalue weighted by Crippen LogP contribution is -2.11. The van der Waals surface area contributed by atoms with Gasteiger partial charge in [-0.1, -0.05) is 30.3 Å². The van der Waals surface area contributed by atoms with E-state index in [1.165, 1.54) is 0 Å². The summed E-state index contributed by atoms with van der Waals surface area (Å²) in [7, 11) is 0. The van der Waals surface area contributed by atoms with Crippen molar-refractivity contribution in [3.8, 4) is 5.75 Å². The van der Waals surface area contributed by atoms with Crippen LogP contribution in [0.3, 0.4) is 0 Å². The van der Waals surface area contributed by atoms with Crippen LogP contribution in [0.1, 0.15) is 11.5 Å². The molecule has 20 heavy (non-hydrogen) atoms. The van der Waals surface area contributed by atoms with Crippen molar-refractivity contribution in [1.82, 2.24) is 4.98 Å². The summed E-state index contributed by atoms with van der Waals surface area (Å²) in [4.78, 5) is 16.1. The van der Waals surface area contributed by atoms with Gasteiger partial charge in [0.2, 0.25) is 0 Å². The first-order chi connectivity index (χ1) is 9.70. The van der Waals surface area contributed by atoms with Gasteiger partial charge in [-0.05, 0) is 17.7 Å². The molecule has 0 N–H and O–H groups in total. The van der Waals surface area contributed by atoms with E-state index in [9.17, 15) is 4.79 Å². The van der Waals surface area contributed by atoms with Gasteiger partial charge in [0.1, 0.15) is 11.3 Å². The lowest BCUT2D eigenvalue weighted by molar-refractivity contribution is -0.133. The summed E-state index contributed by atoms with van der Waals surface area (Å²) in [6.07, 6.45) is 0.247.